The zero-order valence-electron chi connectivity index (χ0n) is 13.0. The number of hydrogen-bond donors (Lipinski definition) is 2. The van der Waals surface area contributed by atoms with Gasteiger partial charge < -0.3 is 10.6 Å². The Morgan fingerprint density at radius 2 is 1.71 bits per heavy atom. The van der Waals surface area contributed by atoms with E-state index in [2.05, 4.69) is 60.0 Å². The van der Waals surface area contributed by atoms with Crippen LogP contribution >= 0.6 is 0 Å². The summed E-state index contributed by atoms with van der Waals surface area (Å²) in [6.45, 7) is 7.39. The molecule has 0 aliphatic carbocycles. The Labute approximate surface area is 126 Å². The van der Waals surface area contributed by atoms with E-state index >= 15 is 0 Å². The standard InChI is InChI=1S/C18H24N2O/c1-13(2)18(21)20-11-10-19-14(3)16-9-8-15-6-4-5-7-17(15)12-16/h4-9,12-14,19H,10-11H2,1-3H3,(H,20,21). The molecule has 0 radical (unpaired) electrons. The van der Waals surface area contributed by atoms with E-state index in [1.165, 1.54) is 16.3 Å². The number of benzene rings is 2. The molecular weight excluding hydrogens is 260 g/mol. The Balaban J connectivity index is 1.87. The van der Waals surface area contributed by atoms with E-state index in [1.54, 1.807) is 0 Å². The van der Waals surface area contributed by atoms with E-state index < -0.39 is 0 Å². The van der Waals surface area contributed by atoms with E-state index in [0.717, 1.165) is 6.54 Å². The highest BCUT2D eigenvalue weighted by molar-refractivity contribution is 5.83. The maximum atomic E-state index is 11.5. The summed E-state index contributed by atoms with van der Waals surface area (Å²) in [5, 5.41) is 8.88. The van der Waals surface area contributed by atoms with Crippen LogP contribution in [-0.4, -0.2) is 19.0 Å². The van der Waals surface area contributed by atoms with Crippen molar-refractivity contribution in [1.29, 1.82) is 0 Å². The average Bonchev–Trinajstić information content (AvgIpc) is 2.50. The van der Waals surface area contributed by atoms with Crippen LogP contribution < -0.4 is 10.6 Å². The topological polar surface area (TPSA) is 41.1 Å². The number of nitrogens with one attached hydrogen (secondary N) is 2. The Kier molecular flexibility index (Phi) is 5.34. The van der Waals surface area contributed by atoms with Gasteiger partial charge in [-0.2, -0.15) is 0 Å². The lowest BCUT2D eigenvalue weighted by atomic mass is 10.0. The van der Waals surface area contributed by atoms with Gasteiger partial charge in [0.05, 0.1) is 0 Å². The van der Waals surface area contributed by atoms with Crippen molar-refractivity contribution >= 4 is 16.7 Å². The van der Waals surface area contributed by atoms with Crippen molar-refractivity contribution in [3.05, 3.63) is 48.0 Å². The minimum absolute atomic E-state index is 0.0444. The fraction of sp³-hybridized carbons (Fsp3) is 0.389. The van der Waals surface area contributed by atoms with Gasteiger partial charge in [0.15, 0.2) is 0 Å². The van der Waals surface area contributed by atoms with Gasteiger partial charge in [0.2, 0.25) is 5.91 Å². The summed E-state index contributed by atoms with van der Waals surface area (Å²) in [5.41, 5.74) is 1.27. The van der Waals surface area contributed by atoms with E-state index in [4.69, 9.17) is 0 Å². The molecule has 0 fully saturated rings. The molecule has 0 saturated carbocycles. The molecular formula is C18H24N2O. The largest absolute Gasteiger partial charge is 0.355 e. The third-order valence-corrected chi connectivity index (χ3v) is 3.67. The Morgan fingerprint density at radius 3 is 2.43 bits per heavy atom. The number of carbonyl (C=O) groups is 1. The number of amides is 1. The molecule has 0 aliphatic rings. The minimum atomic E-state index is 0.0444. The highest BCUT2D eigenvalue weighted by Gasteiger charge is 2.07. The van der Waals surface area contributed by atoms with Crippen LogP contribution in [0.15, 0.2) is 42.5 Å². The molecule has 0 saturated heterocycles. The molecule has 1 amide bonds. The van der Waals surface area contributed by atoms with Gasteiger partial charge in [0, 0.05) is 25.0 Å². The minimum Gasteiger partial charge on any atom is -0.355 e. The number of hydrogen-bond acceptors (Lipinski definition) is 2. The maximum Gasteiger partial charge on any atom is 0.222 e. The molecule has 21 heavy (non-hydrogen) atoms. The van der Waals surface area contributed by atoms with Gasteiger partial charge in [-0.3, -0.25) is 4.79 Å². The zero-order valence-corrected chi connectivity index (χ0v) is 13.0. The van der Waals surface area contributed by atoms with Crippen molar-refractivity contribution in [2.24, 2.45) is 5.92 Å². The second-order valence-corrected chi connectivity index (χ2v) is 5.73. The average molecular weight is 284 g/mol. The van der Waals surface area contributed by atoms with Crippen LogP contribution in [0.4, 0.5) is 0 Å². The van der Waals surface area contributed by atoms with Crippen LogP contribution in [0.2, 0.25) is 0 Å². The summed E-state index contributed by atoms with van der Waals surface area (Å²) >= 11 is 0. The highest BCUT2D eigenvalue weighted by Crippen LogP contribution is 2.19. The van der Waals surface area contributed by atoms with Crippen LogP contribution in [0.25, 0.3) is 10.8 Å². The van der Waals surface area contributed by atoms with E-state index in [0.29, 0.717) is 6.54 Å². The van der Waals surface area contributed by atoms with Crippen LogP contribution in [0.1, 0.15) is 32.4 Å². The number of rotatable bonds is 6. The van der Waals surface area contributed by atoms with Crippen molar-refractivity contribution in [3.63, 3.8) is 0 Å². The Bertz CT molecular complexity index is 607. The van der Waals surface area contributed by atoms with E-state index in [9.17, 15) is 4.79 Å². The van der Waals surface area contributed by atoms with Gasteiger partial charge in [0.25, 0.3) is 0 Å². The van der Waals surface area contributed by atoms with Crippen molar-refractivity contribution in [1.82, 2.24) is 10.6 Å². The molecule has 3 heteroatoms. The first-order valence-electron chi connectivity index (χ1n) is 7.57. The first-order chi connectivity index (χ1) is 10.1. The molecule has 0 spiro atoms. The summed E-state index contributed by atoms with van der Waals surface area (Å²) in [5.74, 6) is 0.151. The predicted octanol–water partition coefficient (Wildman–Crippen LogP) is 3.26. The highest BCUT2D eigenvalue weighted by atomic mass is 16.1. The van der Waals surface area contributed by atoms with Crippen LogP contribution in [0.5, 0.6) is 0 Å². The lowest BCUT2D eigenvalue weighted by molar-refractivity contribution is -0.123. The quantitative estimate of drug-likeness (QED) is 0.799. The van der Waals surface area contributed by atoms with Crippen molar-refractivity contribution in [2.45, 2.75) is 26.8 Å². The van der Waals surface area contributed by atoms with Gasteiger partial charge >= 0.3 is 0 Å². The van der Waals surface area contributed by atoms with Crippen LogP contribution in [0.3, 0.4) is 0 Å². The third-order valence-electron chi connectivity index (χ3n) is 3.67. The van der Waals surface area contributed by atoms with Gasteiger partial charge in [0.1, 0.15) is 0 Å². The zero-order chi connectivity index (χ0) is 15.2. The molecule has 1 atom stereocenters. The van der Waals surface area contributed by atoms with E-state index in [1.807, 2.05) is 13.8 Å². The second kappa shape index (κ2) is 7.23. The fourth-order valence-electron chi connectivity index (χ4n) is 2.27. The molecule has 0 bridgehead atoms. The summed E-state index contributed by atoms with van der Waals surface area (Å²) in [6.07, 6.45) is 0. The number of fused-ring (bicyclic) bond motifs is 1. The molecule has 2 N–H and O–H groups in total. The molecule has 1 unspecified atom stereocenters. The van der Waals surface area contributed by atoms with Crippen LogP contribution in [-0.2, 0) is 4.79 Å². The van der Waals surface area contributed by atoms with Crippen LogP contribution in [0, 0.1) is 5.92 Å². The summed E-state index contributed by atoms with van der Waals surface area (Å²) in [4.78, 5) is 11.5. The lowest BCUT2D eigenvalue weighted by Crippen LogP contribution is -2.35. The van der Waals surface area contributed by atoms with E-state index in [-0.39, 0.29) is 17.9 Å². The SMILES string of the molecule is CC(C)C(=O)NCCNC(C)c1ccc2ccccc2c1. The second-order valence-electron chi connectivity index (χ2n) is 5.73. The molecule has 112 valence electrons. The summed E-state index contributed by atoms with van der Waals surface area (Å²) in [7, 11) is 0. The smallest absolute Gasteiger partial charge is 0.222 e. The van der Waals surface area contributed by atoms with Crippen molar-refractivity contribution in [2.75, 3.05) is 13.1 Å². The van der Waals surface area contributed by atoms with Gasteiger partial charge in [-0.05, 0) is 29.3 Å². The Morgan fingerprint density at radius 1 is 1.00 bits per heavy atom. The monoisotopic (exact) mass is 284 g/mol. The predicted molar refractivity (Wildman–Crippen MR) is 88.2 cm³/mol. The maximum absolute atomic E-state index is 11.5. The van der Waals surface area contributed by atoms with Crippen molar-refractivity contribution in [3.8, 4) is 0 Å². The Hall–Kier alpha value is -1.87. The molecule has 0 heterocycles. The lowest BCUT2D eigenvalue weighted by Gasteiger charge is -2.15. The third kappa shape index (κ3) is 4.30. The first kappa shape index (κ1) is 15.5. The molecule has 2 aromatic rings. The van der Waals surface area contributed by atoms with Gasteiger partial charge in [-0.1, -0.05) is 50.2 Å². The molecule has 3 nitrogen and oxygen atoms in total. The summed E-state index contributed by atoms with van der Waals surface area (Å²) < 4.78 is 0. The fourth-order valence-corrected chi connectivity index (χ4v) is 2.27. The molecule has 0 aromatic heterocycles. The number of carbonyl (C=O) groups excluding carboxylic acids is 1. The first-order valence-corrected chi connectivity index (χ1v) is 7.57. The molecule has 2 rings (SSSR count). The normalized spacial score (nSPS) is 12.6. The van der Waals surface area contributed by atoms with Gasteiger partial charge in [-0.25, -0.2) is 0 Å². The molecule has 0 aliphatic heterocycles. The van der Waals surface area contributed by atoms with Crippen molar-refractivity contribution < 1.29 is 4.79 Å². The summed E-state index contributed by atoms with van der Waals surface area (Å²) in [6, 6.07) is 15.2. The molecule has 2 aromatic carbocycles. The van der Waals surface area contributed by atoms with Gasteiger partial charge in [-0.15, -0.1) is 0 Å².